The minimum Gasteiger partial charge on any atom is -0.494 e. The molecule has 3 rings (SSSR count). The van der Waals surface area contributed by atoms with Gasteiger partial charge in [0.25, 0.3) is 0 Å². The molecule has 1 fully saturated rings. The molecule has 2 atom stereocenters. The number of nitrogens with zero attached hydrogens (tertiary/aromatic N) is 1. The first-order valence-electron chi connectivity index (χ1n) is 8.06. The van der Waals surface area contributed by atoms with E-state index in [4.69, 9.17) is 4.74 Å². The topological polar surface area (TPSA) is 49.8 Å². The number of carboxylic acid groups (broad SMARTS) is 1. The molecule has 1 saturated heterocycles. The number of hydrogen-bond donors (Lipinski definition) is 1. The second-order valence-corrected chi connectivity index (χ2v) is 8.28. The van der Waals surface area contributed by atoms with Gasteiger partial charge in [0.1, 0.15) is 11.8 Å². The summed E-state index contributed by atoms with van der Waals surface area (Å²) in [5.74, 6) is 0.0794. The minimum absolute atomic E-state index is 0.0645. The lowest BCUT2D eigenvalue weighted by Gasteiger charge is -2.31. The van der Waals surface area contributed by atoms with Crippen molar-refractivity contribution in [1.29, 1.82) is 0 Å². The third kappa shape index (κ3) is 3.66. The standard InChI is InChI=1S/C18H20BrNO3S/c1-2-23-13-6-3-5-12(11-13)17(15-8-9-16(19)24-15)20-10-4-7-14(20)18(21)22/h3,5-6,8-9,11,14,17H,2,4,7,10H2,1H3,(H,21,22). The molecule has 2 heterocycles. The number of likely N-dealkylation sites (tertiary alicyclic amines) is 1. The average Bonchev–Trinajstić information content (AvgIpc) is 3.18. The maximum Gasteiger partial charge on any atom is 0.320 e. The van der Waals surface area contributed by atoms with Crippen LogP contribution in [0, 0.1) is 0 Å². The summed E-state index contributed by atoms with van der Waals surface area (Å²) in [7, 11) is 0. The van der Waals surface area contributed by atoms with Crippen molar-refractivity contribution < 1.29 is 14.6 Å². The first kappa shape index (κ1) is 17.5. The van der Waals surface area contributed by atoms with Gasteiger partial charge in [-0.1, -0.05) is 12.1 Å². The third-order valence-electron chi connectivity index (χ3n) is 4.26. The molecule has 0 amide bonds. The Morgan fingerprint density at radius 3 is 2.96 bits per heavy atom. The van der Waals surface area contributed by atoms with Crippen LogP contribution in [0.1, 0.15) is 36.2 Å². The molecule has 4 nitrogen and oxygen atoms in total. The second kappa shape index (κ2) is 7.68. The Labute approximate surface area is 154 Å². The van der Waals surface area contributed by atoms with E-state index in [1.54, 1.807) is 11.3 Å². The quantitative estimate of drug-likeness (QED) is 0.759. The molecule has 1 aliphatic rings. The van der Waals surface area contributed by atoms with Gasteiger partial charge in [0.05, 0.1) is 16.4 Å². The molecular weight excluding hydrogens is 390 g/mol. The largest absolute Gasteiger partial charge is 0.494 e. The number of aliphatic carboxylic acids is 1. The molecule has 2 aromatic rings. The van der Waals surface area contributed by atoms with Gasteiger partial charge < -0.3 is 9.84 Å². The smallest absolute Gasteiger partial charge is 0.320 e. The zero-order valence-electron chi connectivity index (χ0n) is 13.4. The van der Waals surface area contributed by atoms with E-state index >= 15 is 0 Å². The molecule has 0 saturated carbocycles. The number of carbonyl (C=O) groups is 1. The highest BCUT2D eigenvalue weighted by molar-refractivity contribution is 9.11. The van der Waals surface area contributed by atoms with Crippen molar-refractivity contribution in [3.05, 3.63) is 50.6 Å². The van der Waals surface area contributed by atoms with Gasteiger partial charge in [0, 0.05) is 11.4 Å². The fourth-order valence-electron chi connectivity index (χ4n) is 3.30. The molecule has 128 valence electrons. The number of thiophene rings is 1. The van der Waals surface area contributed by atoms with E-state index in [9.17, 15) is 9.90 Å². The Kier molecular flexibility index (Phi) is 5.58. The SMILES string of the molecule is CCOc1cccc(C(c2ccc(Br)s2)N2CCCC2C(=O)O)c1. The number of benzene rings is 1. The lowest BCUT2D eigenvalue weighted by atomic mass is 10.0. The molecule has 24 heavy (non-hydrogen) atoms. The molecule has 2 unspecified atom stereocenters. The maximum absolute atomic E-state index is 11.7. The van der Waals surface area contributed by atoms with Crippen LogP contribution >= 0.6 is 27.3 Å². The van der Waals surface area contributed by atoms with Crippen LogP contribution in [0.4, 0.5) is 0 Å². The highest BCUT2D eigenvalue weighted by Crippen LogP contribution is 2.40. The van der Waals surface area contributed by atoms with Gasteiger partial charge in [0.2, 0.25) is 0 Å². The zero-order chi connectivity index (χ0) is 17.1. The summed E-state index contributed by atoms with van der Waals surface area (Å²) in [6, 6.07) is 11.6. The number of halogens is 1. The van der Waals surface area contributed by atoms with Crippen molar-refractivity contribution in [3.63, 3.8) is 0 Å². The van der Waals surface area contributed by atoms with Crippen LogP contribution in [-0.2, 0) is 4.79 Å². The monoisotopic (exact) mass is 409 g/mol. The van der Waals surface area contributed by atoms with Crippen molar-refractivity contribution in [2.24, 2.45) is 0 Å². The summed E-state index contributed by atoms with van der Waals surface area (Å²) >= 11 is 5.18. The average molecular weight is 410 g/mol. The Balaban J connectivity index is 2.02. The predicted octanol–water partition coefficient (Wildman–Crippen LogP) is 4.55. The molecule has 0 radical (unpaired) electrons. The van der Waals surface area contributed by atoms with Gasteiger partial charge in [0.15, 0.2) is 0 Å². The summed E-state index contributed by atoms with van der Waals surface area (Å²) in [5.41, 5.74) is 1.07. The van der Waals surface area contributed by atoms with Crippen LogP contribution in [0.15, 0.2) is 40.2 Å². The van der Waals surface area contributed by atoms with E-state index in [-0.39, 0.29) is 6.04 Å². The van der Waals surface area contributed by atoms with Gasteiger partial charge >= 0.3 is 5.97 Å². The lowest BCUT2D eigenvalue weighted by molar-refractivity contribution is -0.142. The van der Waals surface area contributed by atoms with E-state index < -0.39 is 12.0 Å². The fraction of sp³-hybridized carbons (Fsp3) is 0.389. The third-order valence-corrected chi connectivity index (χ3v) is 5.94. The first-order chi connectivity index (χ1) is 11.6. The van der Waals surface area contributed by atoms with Crippen molar-refractivity contribution >= 4 is 33.2 Å². The molecule has 6 heteroatoms. The van der Waals surface area contributed by atoms with Gasteiger partial charge in [-0.2, -0.15) is 0 Å². The van der Waals surface area contributed by atoms with E-state index in [0.29, 0.717) is 13.0 Å². The first-order valence-corrected chi connectivity index (χ1v) is 9.67. The van der Waals surface area contributed by atoms with Gasteiger partial charge in [-0.15, -0.1) is 11.3 Å². The number of hydrogen-bond acceptors (Lipinski definition) is 4. The Morgan fingerprint density at radius 1 is 1.46 bits per heavy atom. The molecular formula is C18H20BrNO3S. The van der Waals surface area contributed by atoms with Gasteiger partial charge in [-0.25, -0.2) is 0 Å². The van der Waals surface area contributed by atoms with Gasteiger partial charge in [-0.3, -0.25) is 9.69 Å². The number of carboxylic acids is 1. The Morgan fingerprint density at radius 2 is 2.29 bits per heavy atom. The molecule has 0 bridgehead atoms. The summed E-state index contributed by atoms with van der Waals surface area (Å²) in [5, 5.41) is 9.60. The summed E-state index contributed by atoms with van der Waals surface area (Å²) < 4.78 is 6.68. The summed E-state index contributed by atoms with van der Waals surface area (Å²) in [6.07, 6.45) is 1.61. The molecule has 0 spiro atoms. The van der Waals surface area contributed by atoms with E-state index in [1.165, 1.54) is 0 Å². The maximum atomic E-state index is 11.7. The zero-order valence-corrected chi connectivity index (χ0v) is 15.8. The number of rotatable bonds is 6. The van der Waals surface area contributed by atoms with Crippen molar-refractivity contribution in [2.75, 3.05) is 13.2 Å². The second-order valence-electron chi connectivity index (χ2n) is 5.78. The molecule has 1 aromatic carbocycles. The lowest BCUT2D eigenvalue weighted by Crippen LogP contribution is -2.39. The van der Waals surface area contributed by atoms with Crippen molar-refractivity contribution in [3.8, 4) is 5.75 Å². The number of ether oxygens (including phenoxy) is 1. The minimum atomic E-state index is -0.742. The normalized spacial score (nSPS) is 19.3. The van der Waals surface area contributed by atoms with Crippen molar-refractivity contribution in [2.45, 2.75) is 31.8 Å². The molecule has 1 aromatic heterocycles. The molecule has 1 N–H and O–H groups in total. The van der Waals surface area contributed by atoms with Crippen LogP contribution in [0.25, 0.3) is 0 Å². The fourth-order valence-corrected chi connectivity index (χ4v) is 4.87. The van der Waals surface area contributed by atoms with Crippen LogP contribution < -0.4 is 4.74 Å². The summed E-state index contributed by atoms with van der Waals surface area (Å²) in [4.78, 5) is 14.9. The summed E-state index contributed by atoms with van der Waals surface area (Å²) in [6.45, 7) is 3.36. The molecule has 1 aliphatic heterocycles. The van der Waals surface area contributed by atoms with Crippen LogP contribution in [0.5, 0.6) is 5.75 Å². The van der Waals surface area contributed by atoms with E-state index in [1.807, 2.05) is 31.2 Å². The van der Waals surface area contributed by atoms with Crippen LogP contribution in [-0.4, -0.2) is 35.2 Å². The van der Waals surface area contributed by atoms with E-state index in [0.717, 1.165) is 32.9 Å². The van der Waals surface area contributed by atoms with Crippen LogP contribution in [0.3, 0.4) is 0 Å². The highest BCUT2D eigenvalue weighted by Gasteiger charge is 2.37. The van der Waals surface area contributed by atoms with Crippen molar-refractivity contribution in [1.82, 2.24) is 4.90 Å². The highest BCUT2D eigenvalue weighted by atomic mass is 79.9. The predicted molar refractivity (Wildman–Crippen MR) is 98.8 cm³/mol. The van der Waals surface area contributed by atoms with Gasteiger partial charge in [-0.05, 0) is 65.5 Å². The van der Waals surface area contributed by atoms with E-state index in [2.05, 4.69) is 33.0 Å². The Bertz CT molecular complexity index is 718. The molecule has 0 aliphatic carbocycles. The Hall–Kier alpha value is -1.37. The van der Waals surface area contributed by atoms with Crippen LogP contribution in [0.2, 0.25) is 0 Å².